The SMILES string of the molecule is O=c1ccc2cc(S(=O)(=O)NCCCCN3CCc4ccccc4C3)ccc2o1. The van der Waals surface area contributed by atoms with Gasteiger partial charge in [-0.25, -0.2) is 17.9 Å². The molecule has 6 nitrogen and oxygen atoms in total. The van der Waals surface area contributed by atoms with Crippen LogP contribution in [0.25, 0.3) is 11.0 Å². The second kappa shape index (κ2) is 8.49. The van der Waals surface area contributed by atoms with E-state index < -0.39 is 15.6 Å². The number of nitrogens with zero attached hydrogens (tertiary/aromatic N) is 1. The van der Waals surface area contributed by atoms with Crippen molar-refractivity contribution in [3.05, 3.63) is 76.1 Å². The van der Waals surface area contributed by atoms with Crippen molar-refractivity contribution in [3.63, 3.8) is 0 Å². The van der Waals surface area contributed by atoms with Crippen LogP contribution in [0.3, 0.4) is 0 Å². The van der Waals surface area contributed by atoms with Gasteiger partial charge in [-0.1, -0.05) is 24.3 Å². The van der Waals surface area contributed by atoms with Crippen LogP contribution in [-0.2, 0) is 23.0 Å². The van der Waals surface area contributed by atoms with Crippen molar-refractivity contribution in [2.45, 2.75) is 30.7 Å². The van der Waals surface area contributed by atoms with Crippen molar-refractivity contribution in [2.24, 2.45) is 0 Å². The van der Waals surface area contributed by atoms with Crippen LogP contribution in [0.2, 0.25) is 0 Å². The Morgan fingerprint density at radius 1 is 1.00 bits per heavy atom. The second-order valence-electron chi connectivity index (χ2n) is 7.35. The molecule has 1 aliphatic heterocycles. The van der Waals surface area contributed by atoms with Gasteiger partial charge < -0.3 is 4.42 Å². The average Bonchev–Trinajstić information content (AvgIpc) is 2.73. The molecule has 0 saturated carbocycles. The summed E-state index contributed by atoms with van der Waals surface area (Å²) in [5.74, 6) is 0. The Balaban J connectivity index is 1.27. The topological polar surface area (TPSA) is 79.6 Å². The fourth-order valence-corrected chi connectivity index (χ4v) is 4.82. The molecule has 0 radical (unpaired) electrons. The van der Waals surface area contributed by atoms with Crippen molar-refractivity contribution in [1.82, 2.24) is 9.62 Å². The van der Waals surface area contributed by atoms with Crippen LogP contribution in [-0.4, -0.2) is 33.0 Å². The number of hydrogen-bond acceptors (Lipinski definition) is 5. The molecule has 2 aromatic carbocycles. The smallest absolute Gasteiger partial charge is 0.336 e. The minimum Gasteiger partial charge on any atom is -0.423 e. The number of unbranched alkanes of at least 4 members (excludes halogenated alkanes) is 1. The Morgan fingerprint density at radius 3 is 2.69 bits per heavy atom. The predicted octanol–water partition coefficient (Wildman–Crippen LogP) is 2.91. The van der Waals surface area contributed by atoms with Gasteiger partial charge in [0.1, 0.15) is 5.58 Å². The van der Waals surface area contributed by atoms with E-state index in [2.05, 4.69) is 33.9 Å². The van der Waals surface area contributed by atoms with E-state index in [9.17, 15) is 13.2 Å². The van der Waals surface area contributed by atoms with E-state index in [0.717, 1.165) is 38.9 Å². The summed E-state index contributed by atoms with van der Waals surface area (Å²) in [5.41, 5.74) is 2.75. The van der Waals surface area contributed by atoms with Crippen LogP contribution in [0.15, 0.2) is 68.7 Å². The third-order valence-corrected chi connectivity index (χ3v) is 6.76. The number of sulfonamides is 1. The minimum absolute atomic E-state index is 0.173. The molecule has 4 rings (SSSR count). The number of benzene rings is 2. The van der Waals surface area contributed by atoms with E-state index in [1.807, 2.05) is 0 Å². The molecule has 2 heterocycles. The van der Waals surface area contributed by atoms with Crippen molar-refractivity contribution < 1.29 is 12.8 Å². The zero-order chi connectivity index (χ0) is 20.3. The van der Waals surface area contributed by atoms with Gasteiger partial charge in [0.15, 0.2) is 0 Å². The number of fused-ring (bicyclic) bond motifs is 2. The highest BCUT2D eigenvalue weighted by atomic mass is 32.2. The van der Waals surface area contributed by atoms with Gasteiger partial charge in [-0.05, 0) is 61.2 Å². The van der Waals surface area contributed by atoms with Crippen LogP contribution in [0.4, 0.5) is 0 Å². The molecule has 0 unspecified atom stereocenters. The summed E-state index contributed by atoms with van der Waals surface area (Å²) in [6.07, 6.45) is 2.79. The lowest BCUT2D eigenvalue weighted by Crippen LogP contribution is -2.32. The maximum atomic E-state index is 12.5. The molecule has 3 aromatic rings. The Kier molecular flexibility index (Phi) is 5.80. The summed E-state index contributed by atoms with van der Waals surface area (Å²) in [4.78, 5) is 13.8. The van der Waals surface area contributed by atoms with Gasteiger partial charge in [0.05, 0.1) is 4.90 Å². The normalized spacial score (nSPS) is 14.8. The van der Waals surface area contributed by atoms with E-state index >= 15 is 0 Å². The Labute approximate surface area is 170 Å². The first-order valence-electron chi connectivity index (χ1n) is 9.84. The van der Waals surface area contributed by atoms with Crippen molar-refractivity contribution in [3.8, 4) is 0 Å². The highest BCUT2D eigenvalue weighted by Crippen LogP contribution is 2.19. The first kappa shape index (κ1) is 19.8. The van der Waals surface area contributed by atoms with E-state index in [4.69, 9.17) is 4.42 Å². The summed E-state index contributed by atoms with van der Waals surface area (Å²) in [7, 11) is -3.59. The summed E-state index contributed by atoms with van der Waals surface area (Å²) in [5, 5.41) is 0.581. The molecule has 0 spiro atoms. The Morgan fingerprint density at radius 2 is 1.83 bits per heavy atom. The first-order chi connectivity index (χ1) is 14.0. The maximum absolute atomic E-state index is 12.5. The van der Waals surface area contributed by atoms with Gasteiger partial charge in [0.2, 0.25) is 10.0 Å². The highest BCUT2D eigenvalue weighted by molar-refractivity contribution is 7.89. The first-order valence-corrected chi connectivity index (χ1v) is 11.3. The molecule has 0 bridgehead atoms. The average molecular weight is 413 g/mol. The van der Waals surface area contributed by atoms with Crippen molar-refractivity contribution >= 4 is 21.0 Å². The molecular weight excluding hydrogens is 388 g/mol. The van der Waals surface area contributed by atoms with Gasteiger partial charge in [0, 0.05) is 31.1 Å². The third kappa shape index (κ3) is 4.75. The maximum Gasteiger partial charge on any atom is 0.336 e. The highest BCUT2D eigenvalue weighted by Gasteiger charge is 2.16. The molecule has 0 saturated heterocycles. The molecule has 1 N–H and O–H groups in total. The van der Waals surface area contributed by atoms with E-state index in [1.165, 1.54) is 35.4 Å². The van der Waals surface area contributed by atoms with E-state index in [1.54, 1.807) is 6.07 Å². The fourth-order valence-electron chi connectivity index (χ4n) is 3.71. The zero-order valence-electron chi connectivity index (χ0n) is 16.1. The molecule has 7 heteroatoms. The molecule has 0 amide bonds. The molecule has 1 aromatic heterocycles. The summed E-state index contributed by atoms with van der Waals surface area (Å²) in [6.45, 7) is 3.38. The fraction of sp³-hybridized carbons (Fsp3) is 0.318. The van der Waals surface area contributed by atoms with Crippen molar-refractivity contribution in [1.29, 1.82) is 0 Å². The van der Waals surface area contributed by atoms with Crippen LogP contribution >= 0.6 is 0 Å². The van der Waals surface area contributed by atoms with E-state index in [-0.39, 0.29) is 4.90 Å². The molecule has 0 fully saturated rings. The predicted molar refractivity (Wildman–Crippen MR) is 112 cm³/mol. The second-order valence-corrected chi connectivity index (χ2v) is 9.12. The standard InChI is InChI=1S/C22H24N2O4S/c25-22-10-7-18-15-20(8-9-21(18)28-22)29(26,27)23-12-3-4-13-24-14-11-17-5-1-2-6-19(17)16-24/h1-2,5-10,15,23H,3-4,11-14,16H2. The molecule has 0 atom stereocenters. The van der Waals surface area contributed by atoms with Gasteiger partial charge in [0.25, 0.3) is 0 Å². The van der Waals surface area contributed by atoms with Crippen LogP contribution in [0.1, 0.15) is 24.0 Å². The number of rotatable bonds is 7. The third-order valence-electron chi connectivity index (χ3n) is 5.30. The van der Waals surface area contributed by atoms with Gasteiger partial charge in [-0.2, -0.15) is 0 Å². The van der Waals surface area contributed by atoms with Crippen LogP contribution < -0.4 is 10.3 Å². The van der Waals surface area contributed by atoms with Gasteiger partial charge in [-0.3, -0.25) is 4.90 Å². The van der Waals surface area contributed by atoms with E-state index in [0.29, 0.717) is 17.5 Å². The lowest BCUT2D eigenvalue weighted by Gasteiger charge is -2.28. The molecular formula is C22H24N2O4S. The number of nitrogens with one attached hydrogen (secondary N) is 1. The molecule has 152 valence electrons. The largest absolute Gasteiger partial charge is 0.423 e. The summed E-state index contributed by atoms with van der Waals surface area (Å²) < 4.78 is 32.8. The zero-order valence-corrected chi connectivity index (χ0v) is 17.0. The summed E-state index contributed by atoms with van der Waals surface area (Å²) in [6, 6.07) is 15.9. The van der Waals surface area contributed by atoms with Gasteiger partial charge >= 0.3 is 5.63 Å². The monoisotopic (exact) mass is 412 g/mol. The van der Waals surface area contributed by atoms with Gasteiger partial charge in [-0.15, -0.1) is 0 Å². The lowest BCUT2D eigenvalue weighted by atomic mass is 10.00. The molecule has 0 aliphatic carbocycles. The minimum atomic E-state index is -3.59. The number of hydrogen-bond donors (Lipinski definition) is 1. The van der Waals surface area contributed by atoms with Crippen LogP contribution in [0, 0.1) is 0 Å². The van der Waals surface area contributed by atoms with Crippen molar-refractivity contribution in [2.75, 3.05) is 19.6 Å². The quantitative estimate of drug-likeness (QED) is 0.477. The lowest BCUT2D eigenvalue weighted by molar-refractivity contribution is 0.249. The Bertz CT molecular complexity index is 1170. The Hall–Kier alpha value is -2.48. The summed E-state index contributed by atoms with van der Waals surface area (Å²) >= 11 is 0. The molecule has 29 heavy (non-hydrogen) atoms. The van der Waals surface area contributed by atoms with Crippen LogP contribution in [0.5, 0.6) is 0 Å². The molecule has 1 aliphatic rings.